The minimum atomic E-state index is -0.403. The number of benzene rings is 12. The van der Waals surface area contributed by atoms with E-state index in [1.807, 2.05) is 0 Å². The molecular formula is C82H64N2. The first kappa shape index (κ1) is 50.0. The van der Waals surface area contributed by atoms with Crippen molar-refractivity contribution in [3.63, 3.8) is 0 Å². The lowest BCUT2D eigenvalue weighted by Crippen LogP contribution is -2.25. The number of rotatable bonds is 8. The van der Waals surface area contributed by atoms with Crippen LogP contribution in [0.25, 0.3) is 66.8 Å². The first-order valence-corrected chi connectivity index (χ1v) is 29.8. The molecule has 0 heterocycles. The van der Waals surface area contributed by atoms with E-state index in [9.17, 15) is 0 Å². The number of anilines is 6. The maximum absolute atomic E-state index is 2.50. The van der Waals surface area contributed by atoms with Gasteiger partial charge in [-0.25, -0.2) is 0 Å². The summed E-state index contributed by atoms with van der Waals surface area (Å²) in [6.07, 6.45) is 0. The Bertz CT molecular complexity index is 4530. The Morgan fingerprint density at radius 2 is 0.560 bits per heavy atom. The van der Waals surface area contributed by atoms with Crippen LogP contribution in [0.4, 0.5) is 34.1 Å². The van der Waals surface area contributed by atoms with Gasteiger partial charge in [0.05, 0.1) is 5.41 Å². The summed E-state index contributed by atoms with van der Waals surface area (Å²) in [5, 5.41) is 0. The number of hydrogen-bond donors (Lipinski definition) is 0. The summed E-state index contributed by atoms with van der Waals surface area (Å²) in [5.74, 6) is 0. The van der Waals surface area contributed by atoms with Crippen LogP contribution in [0.5, 0.6) is 0 Å². The minimum Gasteiger partial charge on any atom is -0.310 e. The third-order valence-electron chi connectivity index (χ3n) is 19.5. The highest BCUT2D eigenvalue weighted by Gasteiger charge is 2.51. The van der Waals surface area contributed by atoms with Crippen molar-refractivity contribution >= 4 is 34.1 Å². The van der Waals surface area contributed by atoms with Gasteiger partial charge in [-0.2, -0.15) is 0 Å². The SMILES string of the molecule is Cc1ccc2c(c1)C(C)(C)c1cc(N(c3ccc(-c4ccc(N(c5ccc(-c6ccccc6)cc5)c5ccc6c(c5)-c5ccccc5C65c6ccccc6-c6ccccc65)cc4)c(C)c3)c3ccc4c(c3)C(C)(C)c3cc(C)ccc3-4)ccc1-2. The number of aryl methyl sites for hydroxylation is 3. The first-order chi connectivity index (χ1) is 40.9. The second-order valence-electron chi connectivity index (χ2n) is 25.1. The van der Waals surface area contributed by atoms with E-state index in [4.69, 9.17) is 0 Å². The molecule has 0 radical (unpaired) electrons. The molecule has 0 N–H and O–H groups in total. The Morgan fingerprint density at radius 3 is 1.06 bits per heavy atom. The molecule has 0 aliphatic heterocycles. The zero-order chi connectivity index (χ0) is 56.8. The molecule has 12 aromatic carbocycles. The van der Waals surface area contributed by atoms with E-state index in [0.717, 1.165) is 34.1 Å². The van der Waals surface area contributed by atoms with Crippen LogP contribution in [0.3, 0.4) is 0 Å². The Morgan fingerprint density at radius 1 is 0.226 bits per heavy atom. The summed E-state index contributed by atoms with van der Waals surface area (Å²) in [7, 11) is 0. The quantitative estimate of drug-likeness (QED) is 0.150. The molecule has 1 spiro atoms. The van der Waals surface area contributed by atoms with Gasteiger partial charge in [0.2, 0.25) is 0 Å². The van der Waals surface area contributed by atoms with Crippen molar-refractivity contribution in [1.82, 2.24) is 0 Å². The summed E-state index contributed by atoms with van der Waals surface area (Å²) in [5.41, 5.74) is 36.1. The molecule has 4 aliphatic rings. The fourth-order valence-corrected chi connectivity index (χ4v) is 15.4. The Hall–Kier alpha value is -9.76. The van der Waals surface area contributed by atoms with Crippen LogP contribution in [-0.4, -0.2) is 0 Å². The van der Waals surface area contributed by atoms with Crippen LogP contribution >= 0.6 is 0 Å². The predicted octanol–water partition coefficient (Wildman–Crippen LogP) is 21.8. The van der Waals surface area contributed by atoms with E-state index in [1.165, 1.54) is 128 Å². The van der Waals surface area contributed by atoms with Gasteiger partial charge < -0.3 is 9.80 Å². The van der Waals surface area contributed by atoms with Crippen molar-refractivity contribution in [2.24, 2.45) is 0 Å². The highest BCUT2D eigenvalue weighted by molar-refractivity contribution is 5.97. The van der Waals surface area contributed by atoms with E-state index >= 15 is 0 Å². The number of nitrogens with zero attached hydrogens (tertiary/aromatic N) is 2. The van der Waals surface area contributed by atoms with E-state index in [1.54, 1.807) is 0 Å². The molecular weight excluding hydrogens is 1010 g/mol. The van der Waals surface area contributed by atoms with Gasteiger partial charge in [0.15, 0.2) is 0 Å². The molecule has 2 heteroatoms. The molecule has 16 rings (SSSR count). The zero-order valence-electron chi connectivity index (χ0n) is 48.7. The lowest BCUT2D eigenvalue weighted by atomic mass is 9.70. The van der Waals surface area contributed by atoms with E-state index in [2.05, 4.69) is 319 Å². The molecule has 0 bridgehead atoms. The highest BCUT2D eigenvalue weighted by Crippen LogP contribution is 2.63. The van der Waals surface area contributed by atoms with Gasteiger partial charge in [-0.1, -0.05) is 227 Å². The molecule has 84 heavy (non-hydrogen) atoms. The Balaban J connectivity index is 0.798. The van der Waals surface area contributed by atoms with Gasteiger partial charge in [-0.05, 0) is 210 Å². The average molecular weight is 1080 g/mol. The van der Waals surface area contributed by atoms with Gasteiger partial charge in [0.1, 0.15) is 0 Å². The van der Waals surface area contributed by atoms with Crippen molar-refractivity contribution in [2.45, 2.75) is 64.7 Å². The highest BCUT2D eigenvalue weighted by atomic mass is 15.1. The first-order valence-electron chi connectivity index (χ1n) is 29.8. The largest absolute Gasteiger partial charge is 0.310 e. The maximum atomic E-state index is 2.50. The lowest BCUT2D eigenvalue weighted by molar-refractivity contribution is 0.659. The number of hydrogen-bond acceptors (Lipinski definition) is 2. The summed E-state index contributed by atoms with van der Waals surface area (Å²) < 4.78 is 0. The van der Waals surface area contributed by atoms with Crippen LogP contribution in [0.1, 0.15) is 88.9 Å². The molecule has 0 amide bonds. The van der Waals surface area contributed by atoms with Crippen molar-refractivity contribution in [3.8, 4) is 66.8 Å². The Labute approximate surface area is 494 Å². The fraction of sp³-hybridized carbons (Fsp3) is 0.122. The van der Waals surface area contributed by atoms with E-state index in [-0.39, 0.29) is 10.8 Å². The molecule has 0 fully saturated rings. The average Bonchev–Trinajstić information content (AvgIpc) is 2.02. The van der Waals surface area contributed by atoms with Crippen LogP contribution in [0.15, 0.2) is 261 Å². The molecule has 0 atom stereocenters. The summed E-state index contributed by atoms with van der Waals surface area (Å²) in [6, 6.07) is 98.8. The van der Waals surface area contributed by atoms with Crippen molar-refractivity contribution in [3.05, 3.63) is 322 Å². The molecule has 0 unspecified atom stereocenters. The molecule has 0 saturated carbocycles. The van der Waals surface area contributed by atoms with E-state index in [0.29, 0.717) is 0 Å². The van der Waals surface area contributed by atoms with Crippen LogP contribution in [-0.2, 0) is 16.2 Å². The molecule has 12 aromatic rings. The van der Waals surface area contributed by atoms with Crippen LogP contribution in [0, 0.1) is 20.8 Å². The van der Waals surface area contributed by atoms with Gasteiger partial charge in [-0.15, -0.1) is 0 Å². The lowest BCUT2D eigenvalue weighted by Gasteiger charge is -2.31. The topological polar surface area (TPSA) is 6.48 Å². The second kappa shape index (κ2) is 18.4. The standard InChI is InChI=1S/C82H64N2/c1-51-25-39-67-69-42-36-61(49-78(69)80(4,5)76(67)45-51)84(62-37-43-70-68-40-26-52(2)46-77(68)81(6,7)79(70)50-62)59-35-41-63(53(3)47-59)56-29-33-58(34-30-56)83(57-31-27-55(28-32-57)54-17-9-8-10-18-54)60-38-44-75-71(48-60)66-21-13-16-24-74(66)82(75)72-22-14-11-19-64(72)65-20-12-15-23-73(65)82/h8-50H,1-7H3. The van der Waals surface area contributed by atoms with Gasteiger partial charge in [-0.3, -0.25) is 0 Å². The van der Waals surface area contributed by atoms with E-state index < -0.39 is 5.41 Å². The van der Waals surface area contributed by atoms with Crippen molar-refractivity contribution < 1.29 is 0 Å². The maximum Gasteiger partial charge on any atom is 0.0725 e. The molecule has 2 nitrogen and oxygen atoms in total. The summed E-state index contributed by atoms with van der Waals surface area (Å²) in [6.45, 7) is 16.3. The van der Waals surface area contributed by atoms with Gasteiger partial charge >= 0.3 is 0 Å². The summed E-state index contributed by atoms with van der Waals surface area (Å²) >= 11 is 0. The molecule has 402 valence electrons. The van der Waals surface area contributed by atoms with Crippen molar-refractivity contribution in [1.29, 1.82) is 0 Å². The number of fused-ring (bicyclic) bond motifs is 16. The molecule has 0 saturated heterocycles. The van der Waals surface area contributed by atoms with Crippen LogP contribution < -0.4 is 9.80 Å². The zero-order valence-corrected chi connectivity index (χ0v) is 48.7. The van der Waals surface area contributed by atoms with Crippen molar-refractivity contribution in [2.75, 3.05) is 9.80 Å². The summed E-state index contributed by atoms with van der Waals surface area (Å²) in [4.78, 5) is 4.93. The fourth-order valence-electron chi connectivity index (χ4n) is 15.4. The normalized spacial score (nSPS) is 14.4. The van der Waals surface area contributed by atoms with Gasteiger partial charge in [0.25, 0.3) is 0 Å². The third kappa shape index (κ3) is 7.23. The predicted molar refractivity (Wildman–Crippen MR) is 352 cm³/mol. The molecule has 4 aliphatic carbocycles. The van der Waals surface area contributed by atoms with Crippen LogP contribution in [0.2, 0.25) is 0 Å². The third-order valence-corrected chi connectivity index (χ3v) is 19.5. The second-order valence-corrected chi connectivity index (χ2v) is 25.1. The minimum absolute atomic E-state index is 0.144. The Kier molecular flexibility index (Phi) is 10.9. The monoisotopic (exact) mass is 1080 g/mol. The molecule has 0 aromatic heterocycles. The van der Waals surface area contributed by atoms with Gasteiger partial charge in [0, 0.05) is 45.0 Å². The smallest absolute Gasteiger partial charge is 0.0725 e.